The number of rotatable bonds is 5. The van der Waals surface area contributed by atoms with E-state index in [-0.39, 0.29) is 0 Å². The van der Waals surface area contributed by atoms with Crippen molar-refractivity contribution >= 4 is 27.4 Å². The second kappa shape index (κ2) is 6.42. The Morgan fingerprint density at radius 1 is 0.950 bits per heavy atom. The Hall–Kier alpha value is -2.02. The standard InChI is InChI=1S/C13H14BrN3O3/c1-18-9-4-8(5-10(19-2)13(9)20-3)17-12-6-11(14)15-7-16-12/h4-7H,1-3H3,(H,15,16,17). The van der Waals surface area contributed by atoms with E-state index in [0.29, 0.717) is 27.7 Å². The number of anilines is 2. The highest BCUT2D eigenvalue weighted by atomic mass is 79.9. The van der Waals surface area contributed by atoms with E-state index in [9.17, 15) is 0 Å². The molecular weight excluding hydrogens is 326 g/mol. The Morgan fingerprint density at radius 3 is 2.10 bits per heavy atom. The lowest BCUT2D eigenvalue weighted by Gasteiger charge is -2.14. The van der Waals surface area contributed by atoms with E-state index in [2.05, 4.69) is 31.2 Å². The molecule has 2 rings (SSSR count). The largest absolute Gasteiger partial charge is 0.493 e. The summed E-state index contributed by atoms with van der Waals surface area (Å²) in [5.74, 6) is 2.34. The van der Waals surface area contributed by atoms with Crippen molar-refractivity contribution in [2.24, 2.45) is 0 Å². The molecule has 0 amide bonds. The van der Waals surface area contributed by atoms with Gasteiger partial charge in [0.05, 0.1) is 21.3 Å². The average molecular weight is 340 g/mol. The second-order valence-electron chi connectivity index (χ2n) is 3.76. The normalized spacial score (nSPS) is 10.0. The molecule has 0 fully saturated rings. The van der Waals surface area contributed by atoms with Crippen molar-refractivity contribution in [2.75, 3.05) is 26.6 Å². The summed E-state index contributed by atoms with van der Waals surface area (Å²) in [5.41, 5.74) is 0.769. The summed E-state index contributed by atoms with van der Waals surface area (Å²) < 4.78 is 16.6. The number of ether oxygens (including phenoxy) is 3. The molecule has 1 aromatic heterocycles. The van der Waals surface area contributed by atoms with Crippen LogP contribution in [0.25, 0.3) is 0 Å². The van der Waals surface area contributed by atoms with Crippen molar-refractivity contribution in [1.29, 1.82) is 0 Å². The van der Waals surface area contributed by atoms with Gasteiger partial charge in [-0.25, -0.2) is 9.97 Å². The van der Waals surface area contributed by atoms with Crippen LogP contribution in [0.5, 0.6) is 17.2 Å². The molecule has 1 N–H and O–H groups in total. The average Bonchev–Trinajstić information content (AvgIpc) is 2.46. The van der Waals surface area contributed by atoms with Crippen LogP contribution in [-0.2, 0) is 0 Å². The molecule has 0 atom stereocenters. The zero-order valence-electron chi connectivity index (χ0n) is 11.3. The van der Waals surface area contributed by atoms with Crippen molar-refractivity contribution in [3.63, 3.8) is 0 Å². The highest BCUT2D eigenvalue weighted by Crippen LogP contribution is 2.40. The first-order valence-corrected chi connectivity index (χ1v) is 6.51. The minimum absolute atomic E-state index is 0.546. The van der Waals surface area contributed by atoms with Crippen LogP contribution in [0.1, 0.15) is 0 Å². The fourth-order valence-corrected chi connectivity index (χ4v) is 2.01. The third kappa shape index (κ3) is 3.11. The SMILES string of the molecule is COc1cc(Nc2cc(Br)ncn2)cc(OC)c1OC. The van der Waals surface area contributed by atoms with E-state index in [1.807, 2.05) is 0 Å². The molecule has 0 bridgehead atoms. The Labute approximate surface area is 125 Å². The molecule has 1 heterocycles. The van der Waals surface area contributed by atoms with Gasteiger partial charge in [0.25, 0.3) is 0 Å². The molecule has 0 aliphatic carbocycles. The molecule has 7 heteroatoms. The van der Waals surface area contributed by atoms with Crippen molar-refractivity contribution < 1.29 is 14.2 Å². The van der Waals surface area contributed by atoms with Crippen LogP contribution in [0.15, 0.2) is 29.1 Å². The van der Waals surface area contributed by atoms with Crippen molar-refractivity contribution in [3.8, 4) is 17.2 Å². The lowest BCUT2D eigenvalue weighted by molar-refractivity contribution is 0.324. The molecule has 1 aromatic carbocycles. The molecule has 0 spiro atoms. The lowest BCUT2D eigenvalue weighted by atomic mass is 10.2. The number of aromatic nitrogens is 2. The number of halogens is 1. The quantitative estimate of drug-likeness (QED) is 0.844. The van der Waals surface area contributed by atoms with Crippen LogP contribution in [-0.4, -0.2) is 31.3 Å². The Balaban J connectivity index is 2.37. The van der Waals surface area contributed by atoms with Crippen LogP contribution in [0.4, 0.5) is 11.5 Å². The van der Waals surface area contributed by atoms with Crippen molar-refractivity contribution in [2.45, 2.75) is 0 Å². The van der Waals surface area contributed by atoms with Gasteiger partial charge < -0.3 is 19.5 Å². The summed E-state index contributed by atoms with van der Waals surface area (Å²) in [4.78, 5) is 8.10. The van der Waals surface area contributed by atoms with Crippen LogP contribution >= 0.6 is 15.9 Å². The third-order valence-corrected chi connectivity index (χ3v) is 3.00. The smallest absolute Gasteiger partial charge is 0.203 e. The van der Waals surface area contributed by atoms with Gasteiger partial charge in [-0.1, -0.05) is 0 Å². The van der Waals surface area contributed by atoms with Gasteiger partial charge in [0.1, 0.15) is 16.7 Å². The number of benzene rings is 1. The highest BCUT2D eigenvalue weighted by molar-refractivity contribution is 9.10. The lowest BCUT2D eigenvalue weighted by Crippen LogP contribution is -1.99. The summed E-state index contributed by atoms with van der Waals surface area (Å²) in [7, 11) is 4.71. The summed E-state index contributed by atoms with van der Waals surface area (Å²) >= 11 is 3.29. The number of nitrogens with zero attached hydrogens (tertiary/aromatic N) is 2. The van der Waals surface area contributed by atoms with Gasteiger partial charge in [-0.05, 0) is 15.9 Å². The summed E-state index contributed by atoms with van der Waals surface area (Å²) in [6.07, 6.45) is 1.46. The molecule has 106 valence electrons. The number of hydrogen-bond acceptors (Lipinski definition) is 6. The fourth-order valence-electron chi connectivity index (χ4n) is 1.70. The molecule has 0 saturated heterocycles. The van der Waals surface area contributed by atoms with Crippen LogP contribution in [0.2, 0.25) is 0 Å². The first-order valence-electron chi connectivity index (χ1n) is 5.72. The van der Waals surface area contributed by atoms with E-state index in [1.165, 1.54) is 6.33 Å². The van der Waals surface area contributed by atoms with E-state index >= 15 is 0 Å². The van der Waals surface area contributed by atoms with Gasteiger partial charge in [-0.2, -0.15) is 0 Å². The molecular formula is C13H14BrN3O3. The summed E-state index contributed by atoms with van der Waals surface area (Å²) in [6, 6.07) is 5.37. The number of methoxy groups -OCH3 is 3. The van der Waals surface area contributed by atoms with Gasteiger partial charge in [-0.3, -0.25) is 0 Å². The first-order chi connectivity index (χ1) is 9.67. The molecule has 0 radical (unpaired) electrons. The highest BCUT2D eigenvalue weighted by Gasteiger charge is 2.13. The maximum absolute atomic E-state index is 5.29. The molecule has 0 unspecified atom stereocenters. The first kappa shape index (κ1) is 14.4. The van der Waals surface area contributed by atoms with Gasteiger partial charge in [0.15, 0.2) is 11.5 Å². The molecule has 0 aliphatic rings. The second-order valence-corrected chi connectivity index (χ2v) is 4.58. The predicted molar refractivity (Wildman–Crippen MR) is 79.1 cm³/mol. The zero-order valence-corrected chi connectivity index (χ0v) is 12.9. The third-order valence-electron chi connectivity index (χ3n) is 2.57. The summed E-state index contributed by atoms with van der Waals surface area (Å²) in [6.45, 7) is 0. The van der Waals surface area contributed by atoms with Gasteiger partial charge in [-0.15, -0.1) is 0 Å². The van der Waals surface area contributed by atoms with Gasteiger partial charge in [0.2, 0.25) is 5.75 Å². The van der Waals surface area contributed by atoms with E-state index in [0.717, 1.165) is 5.69 Å². The molecule has 0 aliphatic heterocycles. The molecule has 20 heavy (non-hydrogen) atoms. The van der Waals surface area contributed by atoms with E-state index in [1.54, 1.807) is 39.5 Å². The van der Waals surface area contributed by atoms with Gasteiger partial charge >= 0.3 is 0 Å². The van der Waals surface area contributed by atoms with Crippen LogP contribution in [0.3, 0.4) is 0 Å². The number of hydrogen-bond donors (Lipinski definition) is 1. The topological polar surface area (TPSA) is 65.5 Å². The van der Waals surface area contributed by atoms with Crippen LogP contribution < -0.4 is 19.5 Å². The molecule has 6 nitrogen and oxygen atoms in total. The zero-order chi connectivity index (χ0) is 14.5. The Morgan fingerprint density at radius 2 is 1.60 bits per heavy atom. The van der Waals surface area contributed by atoms with Crippen molar-refractivity contribution in [1.82, 2.24) is 9.97 Å². The maximum Gasteiger partial charge on any atom is 0.203 e. The predicted octanol–water partition coefficient (Wildman–Crippen LogP) is 3.01. The van der Waals surface area contributed by atoms with E-state index in [4.69, 9.17) is 14.2 Å². The Bertz CT molecular complexity index is 582. The fraction of sp³-hybridized carbons (Fsp3) is 0.231. The monoisotopic (exact) mass is 339 g/mol. The summed E-state index contributed by atoms with van der Waals surface area (Å²) in [5, 5.41) is 3.15. The van der Waals surface area contributed by atoms with E-state index < -0.39 is 0 Å². The van der Waals surface area contributed by atoms with Crippen LogP contribution in [0, 0.1) is 0 Å². The Kier molecular flexibility index (Phi) is 4.62. The number of nitrogens with one attached hydrogen (secondary N) is 1. The van der Waals surface area contributed by atoms with Crippen molar-refractivity contribution in [3.05, 3.63) is 29.1 Å². The maximum atomic E-state index is 5.29. The minimum Gasteiger partial charge on any atom is -0.493 e. The minimum atomic E-state index is 0.546. The molecule has 0 saturated carbocycles. The van der Waals surface area contributed by atoms with Gasteiger partial charge in [0, 0.05) is 23.9 Å². The molecule has 2 aromatic rings.